The number of nitrogens with one attached hydrogen (secondary N) is 2. The van der Waals surface area contributed by atoms with Gasteiger partial charge in [-0.1, -0.05) is 6.07 Å². The van der Waals surface area contributed by atoms with Crippen LogP contribution in [-0.4, -0.2) is 30.7 Å². The van der Waals surface area contributed by atoms with E-state index in [0.29, 0.717) is 5.54 Å². The Morgan fingerprint density at radius 2 is 2.00 bits per heavy atom. The molecule has 3 nitrogen and oxygen atoms in total. The number of nitrogens with zero attached hydrogens (tertiary/aromatic N) is 1. The molecular weight excluding hydrogens is 306 g/mol. The topological polar surface area (TPSA) is 27.3 Å². The molecule has 0 radical (unpaired) electrons. The van der Waals surface area contributed by atoms with Crippen LogP contribution in [0.5, 0.6) is 0 Å². The van der Waals surface area contributed by atoms with Crippen LogP contribution in [0.2, 0.25) is 0 Å². The predicted molar refractivity (Wildman–Crippen MR) is 103 cm³/mol. The van der Waals surface area contributed by atoms with Gasteiger partial charge in [-0.15, -0.1) is 0 Å². The van der Waals surface area contributed by atoms with E-state index in [0.717, 1.165) is 23.9 Å². The van der Waals surface area contributed by atoms with Crippen LogP contribution in [0.25, 0.3) is 0 Å². The van der Waals surface area contributed by atoms with Gasteiger partial charge in [-0.3, -0.25) is 0 Å². The molecule has 3 atom stereocenters. The van der Waals surface area contributed by atoms with E-state index in [4.69, 9.17) is 0 Å². The predicted octanol–water partition coefficient (Wildman–Crippen LogP) is 3.93. The zero-order valence-electron chi connectivity index (χ0n) is 15.3. The first-order valence-electron chi connectivity index (χ1n) is 10.7. The highest BCUT2D eigenvalue weighted by Crippen LogP contribution is 2.50. The van der Waals surface area contributed by atoms with Crippen LogP contribution < -0.4 is 15.5 Å². The van der Waals surface area contributed by atoms with Crippen LogP contribution in [0.4, 0.5) is 11.4 Å². The molecule has 0 aromatic heterocycles. The first kappa shape index (κ1) is 14.9. The van der Waals surface area contributed by atoms with Gasteiger partial charge in [0.1, 0.15) is 0 Å². The number of anilines is 2. The third-order valence-corrected chi connectivity index (χ3v) is 8.20. The Morgan fingerprint density at radius 1 is 1.08 bits per heavy atom. The fourth-order valence-corrected chi connectivity index (χ4v) is 6.89. The molecule has 2 saturated heterocycles. The maximum Gasteiger partial charge on any atom is 0.0446 e. The lowest BCUT2D eigenvalue weighted by molar-refractivity contribution is 0.179. The first-order valence-corrected chi connectivity index (χ1v) is 10.7. The normalized spacial score (nSPS) is 41.4. The number of hydrogen-bond acceptors (Lipinski definition) is 3. The summed E-state index contributed by atoms with van der Waals surface area (Å²) in [6.07, 6.45) is 12.5. The van der Waals surface area contributed by atoms with Gasteiger partial charge in [0.15, 0.2) is 0 Å². The zero-order valence-corrected chi connectivity index (χ0v) is 15.3. The third-order valence-electron chi connectivity index (χ3n) is 8.20. The molecule has 4 bridgehead atoms. The van der Waals surface area contributed by atoms with E-state index < -0.39 is 0 Å². The average Bonchev–Trinajstić information content (AvgIpc) is 3.37. The van der Waals surface area contributed by atoms with Gasteiger partial charge >= 0.3 is 0 Å². The Labute approximate surface area is 151 Å². The highest BCUT2D eigenvalue weighted by molar-refractivity contribution is 5.71. The standard InChI is InChI=1S/C22H31N3/c1-2-18(24-22-9-6-15(13-22)7-10-22)17-8-11-25(20(17)3-1)21-12-16-4-5-19(21)23-14-16/h1-3,15-16,19,21,23-24H,4-14H2. The van der Waals surface area contributed by atoms with Crippen LogP contribution in [-0.2, 0) is 6.42 Å². The van der Waals surface area contributed by atoms with Crippen LogP contribution in [0.15, 0.2) is 18.2 Å². The summed E-state index contributed by atoms with van der Waals surface area (Å²) in [7, 11) is 0. The van der Waals surface area contributed by atoms with Gasteiger partial charge in [-0.05, 0) is 88.3 Å². The molecule has 3 aliphatic carbocycles. The molecule has 1 aromatic carbocycles. The van der Waals surface area contributed by atoms with Crippen molar-refractivity contribution in [2.45, 2.75) is 75.4 Å². The SMILES string of the molecule is c1cc(NC23CCC(CC2)C3)c2c(c1)N(C1CC3CCC1NC3)CC2. The van der Waals surface area contributed by atoms with E-state index in [9.17, 15) is 0 Å². The molecule has 2 N–H and O–H groups in total. The third kappa shape index (κ3) is 2.27. The summed E-state index contributed by atoms with van der Waals surface area (Å²) in [5, 5.41) is 7.87. The Morgan fingerprint density at radius 3 is 2.68 bits per heavy atom. The molecule has 0 amide bonds. The van der Waals surface area contributed by atoms with Crippen molar-refractivity contribution in [1.29, 1.82) is 0 Å². The smallest absolute Gasteiger partial charge is 0.0446 e. The molecule has 3 aliphatic heterocycles. The van der Waals surface area contributed by atoms with Crippen molar-refractivity contribution in [3.63, 3.8) is 0 Å². The zero-order chi connectivity index (χ0) is 16.4. The minimum Gasteiger partial charge on any atom is -0.379 e. The van der Waals surface area contributed by atoms with Crippen molar-refractivity contribution in [1.82, 2.24) is 5.32 Å². The number of piperidine rings is 2. The number of fused-ring (bicyclic) bond motifs is 6. The fraction of sp³-hybridized carbons (Fsp3) is 0.727. The van der Waals surface area contributed by atoms with Crippen LogP contribution in [0, 0.1) is 11.8 Å². The lowest BCUT2D eigenvalue weighted by atomic mass is 9.77. The summed E-state index contributed by atoms with van der Waals surface area (Å²) in [4.78, 5) is 2.76. The van der Waals surface area contributed by atoms with Gasteiger partial charge in [0.05, 0.1) is 0 Å². The minimum atomic E-state index is 0.429. The summed E-state index contributed by atoms with van der Waals surface area (Å²) in [6, 6.07) is 8.49. The molecule has 5 fully saturated rings. The second-order valence-corrected chi connectivity index (χ2v) is 9.56. The van der Waals surface area contributed by atoms with E-state index in [1.54, 1.807) is 5.56 Å². The Balaban J connectivity index is 1.29. The maximum atomic E-state index is 4.06. The quantitative estimate of drug-likeness (QED) is 0.875. The van der Waals surface area contributed by atoms with Crippen molar-refractivity contribution in [2.24, 2.45) is 11.8 Å². The molecule has 25 heavy (non-hydrogen) atoms. The molecule has 1 aromatic rings. The number of rotatable bonds is 3. The molecule has 3 saturated carbocycles. The highest BCUT2D eigenvalue weighted by Gasteiger charge is 2.45. The van der Waals surface area contributed by atoms with Crippen molar-refractivity contribution in [3.05, 3.63) is 23.8 Å². The van der Waals surface area contributed by atoms with E-state index in [1.807, 2.05) is 0 Å². The largest absolute Gasteiger partial charge is 0.379 e. The maximum absolute atomic E-state index is 4.06. The molecule has 3 heteroatoms. The monoisotopic (exact) mass is 337 g/mol. The van der Waals surface area contributed by atoms with E-state index in [2.05, 4.69) is 33.7 Å². The van der Waals surface area contributed by atoms with E-state index in [-0.39, 0.29) is 0 Å². The molecule has 134 valence electrons. The summed E-state index contributed by atoms with van der Waals surface area (Å²) in [5.74, 6) is 1.91. The van der Waals surface area contributed by atoms with Gasteiger partial charge in [-0.25, -0.2) is 0 Å². The minimum absolute atomic E-state index is 0.429. The Kier molecular flexibility index (Phi) is 3.21. The first-order chi connectivity index (χ1) is 12.3. The summed E-state index contributed by atoms with van der Waals surface area (Å²) < 4.78 is 0. The lowest BCUT2D eigenvalue weighted by Gasteiger charge is -2.47. The van der Waals surface area contributed by atoms with Crippen LogP contribution >= 0.6 is 0 Å². The number of hydrogen-bond donors (Lipinski definition) is 2. The van der Waals surface area contributed by atoms with E-state index >= 15 is 0 Å². The Bertz CT molecular complexity index is 668. The van der Waals surface area contributed by atoms with Gasteiger partial charge in [0, 0.05) is 41.1 Å². The number of benzene rings is 1. The molecule has 6 aliphatic rings. The molecule has 3 heterocycles. The lowest BCUT2D eigenvalue weighted by Crippen LogP contribution is -2.59. The summed E-state index contributed by atoms with van der Waals surface area (Å²) >= 11 is 0. The van der Waals surface area contributed by atoms with Crippen molar-refractivity contribution < 1.29 is 0 Å². The van der Waals surface area contributed by atoms with Gasteiger partial charge in [-0.2, -0.15) is 0 Å². The summed E-state index contributed by atoms with van der Waals surface area (Å²) in [5.41, 5.74) is 5.03. The molecular formula is C22H31N3. The Hall–Kier alpha value is -1.22. The second-order valence-electron chi connectivity index (χ2n) is 9.56. The van der Waals surface area contributed by atoms with Crippen molar-refractivity contribution >= 4 is 11.4 Å². The van der Waals surface area contributed by atoms with Gasteiger partial charge in [0.25, 0.3) is 0 Å². The molecule has 3 unspecified atom stereocenters. The second kappa shape index (κ2) is 5.39. The van der Waals surface area contributed by atoms with Crippen molar-refractivity contribution in [3.8, 4) is 0 Å². The molecule has 7 rings (SSSR count). The van der Waals surface area contributed by atoms with Crippen LogP contribution in [0.1, 0.15) is 56.9 Å². The fourth-order valence-electron chi connectivity index (χ4n) is 6.89. The van der Waals surface area contributed by atoms with E-state index in [1.165, 1.54) is 82.3 Å². The van der Waals surface area contributed by atoms with Gasteiger partial charge < -0.3 is 15.5 Å². The van der Waals surface area contributed by atoms with Gasteiger partial charge in [0.2, 0.25) is 0 Å². The highest BCUT2D eigenvalue weighted by atomic mass is 15.2. The van der Waals surface area contributed by atoms with Crippen molar-refractivity contribution in [2.75, 3.05) is 23.3 Å². The van der Waals surface area contributed by atoms with Crippen LogP contribution in [0.3, 0.4) is 0 Å². The average molecular weight is 338 g/mol. The molecule has 0 spiro atoms. The summed E-state index contributed by atoms with van der Waals surface area (Å²) in [6.45, 7) is 2.48.